The third kappa shape index (κ3) is 3.78. The van der Waals surface area contributed by atoms with Crippen LogP contribution in [0.15, 0.2) is 18.2 Å². The molecule has 16 heavy (non-hydrogen) atoms. The smallest absolute Gasteiger partial charge is 0.377 e. The molecule has 0 amide bonds. The second-order valence-corrected chi connectivity index (χ2v) is 3.42. The number of halogens is 4. The van der Waals surface area contributed by atoms with E-state index >= 15 is 0 Å². The summed E-state index contributed by atoms with van der Waals surface area (Å²) in [5.41, 5.74) is -0.643. The molecule has 0 aliphatic heterocycles. The van der Waals surface area contributed by atoms with Gasteiger partial charge in [0.15, 0.2) is 11.6 Å². The molecule has 0 saturated heterocycles. The third-order valence-corrected chi connectivity index (χ3v) is 1.92. The minimum atomic E-state index is -4.56. The first-order valence-corrected chi connectivity index (χ1v) is 4.96. The fourth-order valence-electron chi connectivity index (χ4n) is 1.05. The predicted octanol–water partition coefficient (Wildman–Crippen LogP) is 2.45. The van der Waals surface area contributed by atoms with Gasteiger partial charge in [0.2, 0.25) is 0 Å². The SMILES string of the molecule is O=S(O)Oc1cccc(CC(F)(F)F)c1F. The molecule has 0 aliphatic rings. The van der Waals surface area contributed by atoms with E-state index in [1.54, 1.807) is 0 Å². The van der Waals surface area contributed by atoms with E-state index in [-0.39, 0.29) is 0 Å². The lowest BCUT2D eigenvalue weighted by Gasteiger charge is -2.09. The second kappa shape index (κ2) is 4.79. The molecule has 1 N–H and O–H groups in total. The summed E-state index contributed by atoms with van der Waals surface area (Å²) in [6.07, 6.45) is -6.02. The molecule has 90 valence electrons. The van der Waals surface area contributed by atoms with E-state index in [1.807, 2.05) is 0 Å². The molecule has 1 aromatic rings. The molecular formula is C8H6F4O3S. The van der Waals surface area contributed by atoms with Crippen molar-refractivity contribution in [3.63, 3.8) is 0 Å². The fourth-order valence-corrected chi connectivity index (χ4v) is 1.33. The molecule has 1 atom stereocenters. The van der Waals surface area contributed by atoms with Crippen LogP contribution < -0.4 is 4.18 Å². The maximum absolute atomic E-state index is 13.3. The van der Waals surface area contributed by atoms with Gasteiger partial charge in [-0.2, -0.15) is 17.4 Å². The van der Waals surface area contributed by atoms with E-state index in [0.717, 1.165) is 18.2 Å². The van der Waals surface area contributed by atoms with Gasteiger partial charge in [0.25, 0.3) is 0 Å². The van der Waals surface area contributed by atoms with Crippen molar-refractivity contribution in [1.29, 1.82) is 0 Å². The maximum atomic E-state index is 13.3. The van der Waals surface area contributed by atoms with Crippen LogP contribution in [0.3, 0.4) is 0 Å². The van der Waals surface area contributed by atoms with Gasteiger partial charge in [-0.05, 0) is 6.07 Å². The summed E-state index contributed by atoms with van der Waals surface area (Å²) in [6.45, 7) is 0. The van der Waals surface area contributed by atoms with Crippen LogP contribution in [0.5, 0.6) is 5.75 Å². The van der Waals surface area contributed by atoms with Gasteiger partial charge in [0.1, 0.15) is 0 Å². The van der Waals surface area contributed by atoms with Gasteiger partial charge in [-0.15, -0.1) is 0 Å². The van der Waals surface area contributed by atoms with Crippen LogP contribution in [0.25, 0.3) is 0 Å². The molecule has 3 nitrogen and oxygen atoms in total. The Balaban J connectivity index is 2.99. The van der Waals surface area contributed by atoms with Crippen LogP contribution in [0, 0.1) is 5.82 Å². The van der Waals surface area contributed by atoms with Crippen molar-refractivity contribution in [2.45, 2.75) is 12.6 Å². The van der Waals surface area contributed by atoms with E-state index in [4.69, 9.17) is 4.55 Å². The quantitative estimate of drug-likeness (QED) is 0.669. The molecule has 8 heteroatoms. The van der Waals surface area contributed by atoms with Gasteiger partial charge in [-0.25, -0.2) is 4.39 Å². The van der Waals surface area contributed by atoms with E-state index in [1.165, 1.54) is 0 Å². The topological polar surface area (TPSA) is 46.5 Å². The zero-order valence-corrected chi connectivity index (χ0v) is 8.44. The lowest BCUT2D eigenvalue weighted by atomic mass is 10.1. The molecule has 0 heterocycles. The van der Waals surface area contributed by atoms with Gasteiger partial charge in [0, 0.05) is 5.56 Å². The first-order valence-electron chi connectivity index (χ1n) is 3.93. The lowest BCUT2D eigenvalue weighted by Crippen LogP contribution is -2.13. The molecule has 0 fully saturated rings. The highest BCUT2D eigenvalue weighted by molar-refractivity contribution is 7.74. The summed E-state index contributed by atoms with van der Waals surface area (Å²) in [6, 6.07) is 2.99. The molecule has 1 aromatic carbocycles. The Morgan fingerprint density at radius 1 is 1.38 bits per heavy atom. The van der Waals surface area contributed by atoms with Crippen LogP contribution in [0.4, 0.5) is 17.6 Å². The highest BCUT2D eigenvalue weighted by Gasteiger charge is 2.30. The molecule has 0 bridgehead atoms. The van der Waals surface area contributed by atoms with Gasteiger partial charge in [0.05, 0.1) is 6.42 Å². The second-order valence-electron chi connectivity index (χ2n) is 2.82. The van der Waals surface area contributed by atoms with Crippen LogP contribution in [-0.2, 0) is 17.8 Å². The van der Waals surface area contributed by atoms with Crippen molar-refractivity contribution in [3.8, 4) is 5.75 Å². The summed E-state index contributed by atoms with van der Waals surface area (Å²) in [7, 11) is 0. The summed E-state index contributed by atoms with van der Waals surface area (Å²) < 4.78 is 71.9. The molecule has 0 radical (unpaired) electrons. The van der Waals surface area contributed by atoms with Gasteiger partial charge in [-0.1, -0.05) is 12.1 Å². The Hall–Kier alpha value is -1.15. The predicted molar refractivity (Wildman–Crippen MR) is 47.6 cm³/mol. The average Bonchev–Trinajstić information content (AvgIpc) is 2.09. The Kier molecular flexibility index (Phi) is 3.87. The summed E-state index contributed by atoms with van der Waals surface area (Å²) in [5.74, 6) is -1.98. The summed E-state index contributed by atoms with van der Waals surface area (Å²) in [4.78, 5) is 0. The fraction of sp³-hybridized carbons (Fsp3) is 0.250. The van der Waals surface area contributed by atoms with Crippen molar-refractivity contribution in [3.05, 3.63) is 29.6 Å². The highest BCUT2D eigenvalue weighted by Crippen LogP contribution is 2.27. The molecule has 0 aliphatic carbocycles. The van der Waals surface area contributed by atoms with Crippen LogP contribution in [-0.4, -0.2) is 14.9 Å². The zero-order chi connectivity index (χ0) is 12.3. The number of hydrogen-bond donors (Lipinski definition) is 1. The molecular weight excluding hydrogens is 252 g/mol. The molecule has 1 unspecified atom stereocenters. The van der Waals surface area contributed by atoms with Crippen molar-refractivity contribution >= 4 is 11.4 Å². The minimum Gasteiger partial charge on any atom is -0.377 e. The van der Waals surface area contributed by atoms with Crippen molar-refractivity contribution in [2.75, 3.05) is 0 Å². The van der Waals surface area contributed by atoms with E-state index in [0.29, 0.717) is 0 Å². The Morgan fingerprint density at radius 2 is 2.00 bits per heavy atom. The molecule has 1 rings (SSSR count). The van der Waals surface area contributed by atoms with Gasteiger partial charge in [-0.3, -0.25) is 4.55 Å². The van der Waals surface area contributed by atoms with E-state index in [2.05, 4.69) is 4.18 Å². The largest absolute Gasteiger partial charge is 0.393 e. The Morgan fingerprint density at radius 3 is 2.50 bits per heavy atom. The molecule has 0 aromatic heterocycles. The van der Waals surface area contributed by atoms with E-state index < -0.39 is 41.1 Å². The number of hydrogen-bond acceptors (Lipinski definition) is 2. The average molecular weight is 258 g/mol. The van der Waals surface area contributed by atoms with Crippen LogP contribution in [0.1, 0.15) is 5.56 Å². The van der Waals surface area contributed by atoms with Gasteiger partial charge < -0.3 is 4.18 Å². The zero-order valence-electron chi connectivity index (χ0n) is 7.62. The number of alkyl halides is 3. The molecule has 0 spiro atoms. The highest BCUT2D eigenvalue weighted by atomic mass is 32.2. The number of benzene rings is 1. The first-order chi connectivity index (χ1) is 7.29. The summed E-state index contributed by atoms with van der Waals surface area (Å²) in [5, 5.41) is 0. The lowest BCUT2D eigenvalue weighted by molar-refractivity contribution is -0.127. The third-order valence-electron chi connectivity index (χ3n) is 1.60. The molecule has 0 saturated carbocycles. The first kappa shape index (κ1) is 12.9. The Labute approximate surface area is 90.5 Å². The summed E-state index contributed by atoms with van der Waals surface area (Å²) >= 11 is -2.78. The van der Waals surface area contributed by atoms with E-state index in [9.17, 15) is 21.8 Å². The van der Waals surface area contributed by atoms with Crippen molar-refractivity contribution < 1.29 is 30.5 Å². The van der Waals surface area contributed by atoms with Gasteiger partial charge >= 0.3 is 17.5 Å². The van der Waals surface area contributed by atoms with Crippen molar-refractivity contribution in [2.24, 2.45) is 0 Å². The van der Waals surface area contributed by atoms with Crippen molar-refractivity contribution in [1.82, 2.24) is 0 Å². The number of rotatable bonds is 3. The monoisotopic (exact) mass is 258 g/mol. The maximum Gasteiger partial charge on any atom is 0.393 e. The Bertz CT molecular complexity index is 405. The van der Waals surface area contributed by atoms with Crippen LogP contribution in [0.2, 0.25) is 0 Å². The minimum absolute atomic E-state index is 0.643. The normalized spacial score (nSPS) is 13.6. The standard InChI is InChI=1S/C8H6F4O3S/c9-7-5(4-8(10,11)12)2-1-3-6(7)15-16(13)14/h1-3H,4H2,(H,13,14). The van der Waals surface area contributed by atoms with Crippen LogP contribution >= 0.6 is 0 Å².